The normalized spacial score (nSPS) is 17.1. The maximum absolute atomic E-state index is 12.4. The maximum atomic E-state index is 12.4. The van der Waals surface area contributed by atoms with E-state index in [1.807, 2.05) is 12.3 Å². The van der Waals surface area contributed by atoms with Crippen LogP contribution in [0.4, 0.5) is 0 Å². The van der Waals surface area contributed by atoms with E-state index in [2.05, 4.69) is 60.3 Å². The van der Waals surface area contributed by atoms with Crippen LogP contribution in [0.5, 0.6) is 0 Å². The molecule has 1 aliphatic rings. The Kier molecular flexibility index (Phi) is 11.2. The first kappa shape index (κ1) is 29.9. The number of fused-ring (bicyclic) bond motifs is 1. The summed E-state index contributed by atoms with van der Waals surface area (Å²) in [6.07, 6.45) is 16.2. The number of aromatic nitrogens is 3. The molecule has 216 valence electrons. The highest BCUT2D eigenvalue weighted by Crippen LogP contribution is 2.44. The fourth-order valence-electron chi connectivity index (χ4n) is 5.98. The molecular formula is C34H48N4O2. The molecule has 0 radical (unpaired) electrons. The molecule has 0 atom stereocenters. The van der Waals surface area contributed by atoms with E-state index in [0.717, 1.165) is 86.1 Å². The Hall–Kier alpha value is -3.12. The van der Waals surface area contributed by atoms with E-state index in [0.29, 0.717) is 18.3 Å². The summed E-state index contributed by atoms with van der Waals surface area (Å²) in [7, 11) is 1.75. The molecule has 3 heterocycles. The van der Waals surface area contributed by atoms with Crippen LogP contribution in [0.2, 0.25) is 0 Å². The smallest absolute Gasteiger partial charge is 0.220 e. The van der Waals surface area contributed by atoms with Crippen molar-refractivity contribution in [3.8, 4) is 0 Å². The van der Waals surface area contributed by atoms with Gasteiger partial charge in [0.15, 0.2) is 5.65 Å². The Morgan fingerprint density at radius 1 is 1.15 bits per heavy atom. The average molecular weight is 545 g/mol. The number of nitrogens with one attached hydrogen (secondary N) is 1. The third kappa shape index (κ3) is 8.20. The number of aryl methyl sites for hydroxylation is 1. The zero-order valence-corrected chi connectivity index (χ0v) is 24.8. The minimum atomic E-state index is 0. The Balaban J connectivity index is 0.00000462. The number of hydrogen-bond acceptors (Lipinski definition) is 5. The van der Waals surface area contributed by atoms with Crippen molar-refractivity contribution in [1.29, 1.82) is 0 Å². The van der Waals surface area contributed by atoms with Crippen molar-refractivity contribution in [2.75, 3.05) is 20.3 Å². The van der Waals surface area contributed by atoms with Gasteiger partial charge >= 0.3 is 0 Å². The van der Waals surface area contributed by atoms with Crippen molar-refractivity contribution in [3.63, 3.8) is 0 Å². The van der Waals surface area contributed by atoms with Gasteiger partial charge in [0, 0.05) is 69.3 Å². The number of allylic oxidation sites excluding steroid dienone is 2. The molecule has 0 unspecified atom stereocenters. The molecule has 0 saturated heterocycles. The lowest BCUT2D eigenvalue weighted by Gasteiger charge is -2.37. The lowest BCUT2D eigenvalue weighted by molar-refractivity contribution is -0.121. The molecule has 1 N–H and O–H groups in total. The second-order valence-electron chi connectivity index (χ2n) is 11.4. The van der Waals surface area contributed by atoms with Crippen LogP contribution < -0.4 is 5.32 Å². The van der Waals surface area contributed by atoms with Crippen LogP contribution in [0.25, 0.3) is 16.6 Å². The van der Waals surface area contributed by atoms with Gasteiger partial charge in [0.2, 0.25) is 5.91 Å². The Labute approximate surface area is 241 Å². The van der Waals surface area contributed by atoms with Crippen LogP contribution in [0.3, 0.4) is 0 Å². The summed E-state index contributed by atoms with van der Waals surface area (Å²) in [5, 5.41) is 4.26. The molecular weight excluding hydrogens is 496 g/mol. The van der Waals surface area contributed by atoms with E-state index in [1.54, 1.807) is 13.3 Å². The summed E-state index contributed by atoms with van der Waals surface area (Å²) in [4.78, 5) is 26.3. The molecule has 0 bridgehead atoms. The van der Waals surface area contributed by atoms with Crippen molar-refractivity contribution in [2.45, 2.75) is 90.9 Å². The zero-order valence-electron chi connectivity index (χ0n) is 24.8. The quantitative estimate of drug-likeness (QED) is 0.200. The highest BCUT2D eigenvalue weighted by molar-refractivity contribution is 5.76. The predicted molar refractivity (Wildman–Crippen MR) is 165 cm³/mol. The van der Waals surface area contributed by atoms with Gasteiger partial charge in [-0.25, -0.2) is 9.97 Å². The fraction of sp³-hybridized carbons (Fsp3) is 0.529. The first-order valence-electron chi connectivity index (χ1n) is 15.1. The summed E-state index contributed by atoms with van der Waals surface area (Å²) in [5.74, 6) is 1.24. The highest BCUT2D eigenvalue weighted by atomic mass is 16.5. The highest BCUT2D eigenvalue weighted by Gasteiger charge is 2.33. The first-order valence-corrected chi connectivity index (χ1v) is 15.1. The molecule has 0 spiro atoms. The summed E-state index contributed by atoms with van der Waals surface area (Å²) < 4.78 is 5.10. The summed E-state index contributed by atoms with van der Waals surface area (Å²) in [6, 6.07) is 8.51. The van der Waals surface area contributed by atoms with E-state index in [-0.39, 0.29) is 7.33 Å². The largest absolute Gasteiger partial charge is 0.385 e. The standard InChI is InChI=1S/C34H46N4O2.H2/c1-5-12-24(2)33-25(3)38-30(20-27-17-28-13-11-15-35-34(28)37-23-27)21-31(33)29-18-26(19-29)22-36-32(39)14-9-7-6-8-10-16-40-4;/h11-13,15,17,21,23,26,29H,5-10,14,16,18-20,22H2,1-4H3,(H,36,39);1H/b24-12+;. The molecule has 0 aliphatic heterocycles. The molecule has 0 aromatic carbocycles. The van der Waals surface area contributed by atoms with Crippen molar-refractivity contribution in [2.24, 2.45) is 5.92 Å². The first-order chi connectivity index (χ1) is 19.5. The number of unbranched alkanes of at least 4 members (excludes halogenated alkanes) is 4. The molecule has 6 heteroatoms. The zero-order chi connectivity index (χ0) is 28.3. The molecule has 1 amide bonds. The van der Waals surface area contributed by atoms with Crippen LogP contribution >= 0.6 is 0 Å². The number of rotatable bonds is 15. The number of amides is 1. The lowest BCUT2D eigenvalue weighted by atomic mass is 9.69. The van der Waals surface area contributed by atoms with Crippen molar-refractivity contribution >= 4 is 22.5 Å². The second kappa shape index (κ2) is 15.0. The maximum Gasteiger partial charge on any atom is 0.220 e. The third-order valence-corrected chi connectivity index (χ3v) is 8.10. The van der Waals surface area contributed by atoms with Crippen molar-refractivity contribution in [1.82, 2.24) is 20.3 Å². The summed E-state index contributed by atoms with van der Waals surface area (Å²) in [6.45, 7) is 8.16. The number of ether oxygens (including phenoxy) is 1. The molecule has 40 heavy (non-hydrogen) atoms. The van der Waals surface area contributed by atoms with Crippen LogP contribution in [0.1, 0.15) is 107 Å². The Morgan fingerprint density at radius 2 is 1.95 bits per heavy atom. The average Bonchev–Trinajstić information content (AvgIpc) is 2.91. The van der Waals surface area contributed by atoms with Crippen molar-refractivity contribution < 1.29 is 11.0 Å². The van der Waals surface area contributed by atoms with Gasteiger partial charge in [-0.2, -0.15) is 0 Å². The van der Waals surface area contributed by atoms with Gasteiger partial charge in [0.05, 0.1) is 0 Å². The van der Waals surface area contributed by atoms with Crippen LogP contribution in [0.15, 0.2) is 42.7 Å². The van der Waals surface area contributed by atoms with Gasteiger partial charge in [-0.05, 0) is 98.8 Å². The van der Waals surface area contributed by atoms with Crippen molar-refractivity contribution in [3.05, 3.63) is 70.8 Å². The molecule has 1 aliphatic carbocycles. The molecule has 3 aromatic heterocycles. The van der Waals surface area contributed by atoms with Gasteiger partial charge in [-0.1, -0.05) is 32.3 Å². The topological polar surface area (TPSA) is 77.0 Å². The molecule has 3 aromatic rings. The van der Waals surface area contributed by atoms with E-state index in [4.69, 9.17) is 9.72 Å². The van der Waals surface area contributed by atoms with Gasteiger partial charge in [0.1, 0.15) is 0 Å². The monoisotopic (exact) mass is 544 g/mol. The summed E-state index contributed by atoms with van der Waals surface area (Å²) >= 11 is 0. The van der Waals surface area contributed by atoms with E-state index in [1.165, 1.54) is 29.5 Å². The number of nitrogens with zero attached hydrogens (tertiary/aromatic N) is 3. The third-order valence-electron chi connectivity index (χ3n) is 8.10. The van der Waals surface area contributed by atoms with E-state index in [9.17, 15) is 4.79 Å². The Bertz CT molecular complexity index is 1300. The lowest BCUT2D eigenvalue weighted by Crippen LogP contribution is -2.35. The number of carbonyl (C=O) groups excluding carboxylic acids is 1. The van der Waals surface area contributed by atoms with Gasteiger partial charge < -0.3 is 10.1 Å². The molecule has 4 rings (SSSR count). The predicted octanol–water partition coefficient (Wildman–Crippen LogP) is 7.58. The van der Waals surface area contributed by atoms with Gasteiger partial charge in [0.25, 0.3) is 0 Å². The minimum absolute atomic E-state index is 0. The van der Waals surface area contributed by atoms with E-state index < -0.39 is 0 Å². The number of hydrogen-bond donors (Lipinski definition) is 1. The molecule has 1 saturated carbocycles. The second-order valence-corrected chi connectivity index (χ2v) is 11.4. The van der Waals surface area contributed by atoms with Gasteiger partial charge in [-0.15, -0.1) is 0 Å². The van der Waals surface area contributed by atoms with Gasteiger partial charge in [-0.3, -0.25) is 9.78 Å². The fourth-order valence-corrected chi connectivity index (χ4v) is 5.98. The number of methoxy groups -OCH3 is 1. The summed E-state index contributed by atoms with van der Waals surface area (Å²) in [5.41, 5.74) is 8.15. The van der Waals surface area contributed by atoms with Crippen LogP contribution in [0, 0.1) is 12.8 Å². The van der Waals surface area contributed by atoms with E-state index >= 15 is 0 Å². The number of pyridine rings is 3. The van der Waals surface area contributed by atoms with Crippen LogP contribution in [-0.2, 0) is 16.0 Å². The molecule has 6 nitrogen and oxygen atoms in total. The SMILES string of the molecule is CC/C=C(\C)c1c(C2CC(CNC(=O)CCCCCCCOC)C2)cc(Cc2cnc3ncccc3c2)nc1C.[HH]. The minimum Gasteiger partial charge on any atom is -0.385 e. The molecule has 1 fully saturated rings. The number of carbonyl (C=O) groups is 1. The Morgan fingerprint density at radius 3 is 2.75 bits per heavy atom. The van der Waals surface area contributed by atoms with Crippen LogP contribution in [-0.4, -0.2) is 41.1 Å².